The number of nitrogens with zero attached hydrogens (tertiary/aromatic N) is 2. The molecule has 0 radical (unpaired) electrons. The lowest BCUT2D eigenvalue weighted by molar-refractivity contribution is -0.137. The first-order valence-corrected chi connectivity index (χ1v) is 11.8. The van der Waals surface area contributed by atoms with Gasteiger partial charge in [-0.25, -0.2) is 13.6 Å². The number of carbonyl (C=O) groups is 2. The average molecular weight is 423 g/mol. The summed E-state index contributed by atoms with van der Waals surface area (Å²) in [6.07, 6.45) is 6.19. The molecule has 29 heavy (non-hydrogen) atoms. The van der Waals surface area contributed by atoms with E-state index in [2.05, 4.69) is 10.2 Å². The van der Waals surface area contributed by atoms with Crippen molar-refractivity contribution in [3.8, 4) is 0 Å². The van der Waals surface area contributed by atoms with Gasteiger partial charge in [0, 0.05) is 24.7 Å². The molecule has 9 heteroatoms. The maximum atomic E-state index is 12.8. The van der Waals surface area contributed by atoms with E-state index in [0.29, 0.717) is 5.69 Å². The summed E-state index contributed by atoms with van der Waals surface area (Å²) in [4.78, 5) is 29.1. The lowest BCUT2D eigenvalue weighted by Crippen LogP contribution is -2.44. The van der Waals surface area contributed by atoms with Crippen LogP contribution in [0.1, 0.15) is 38.5 Å². The van der Waals surface area contributed by atoms with Gasteiger partial charge in [-0.15, -0.1) is 0 Å². The quantitative estimate of drug-likeness (QED) is 0.744. The topological polar surface area (TPSA) is 113 Å². The van der Waals surface area contributed by atoms with E-state index < -0.39 is 10.0 Å². The van der Waals surface area contributed by atoms with Crippen molar-refractivity contribution in [2.45, 2.75) is 43.4 Å². The molecule has 160 valence electrons. The zero-order chi connectivity index (χ0) is 20.9. The number of amides is 2. The number of rotatable bonds is 5. The number of primary sulfonamides is 1. The van der Waals surface area contributed by atoms with Gasteiger partial charge in [-0.05, 0) is 63.0 Å². The van der Waals surface area contributed by atoms with Crippen molar-refractivity contribution >= 4 is 27.5 Å². The third-order valence-electron chi connectivity index (χ3n) is 5.69. The molecule has 2 aliphatic heterocycles. The Bertz CT molecular complexity index is 809. The smallest absolute Gasteiger partial charge is 0.238 e. The molecule has 8 nitrogen and oxygen atoms in total. The summed E-state index contributed by atoms with van der Waals surface area (Å²) in [7, 11) is -3.75. The Morgan fingerprint density at radius 3 is 2.10 bits per heavy atom. The number of likely N-dealkylation sites (tertiary alicyclic amines) is 2. The molecule has 0 aliphatic carbocycles. The highest BCUT2D eigenvalue weighted by molar-refractivity contribution is 7.89. The van der Waals surface area contributed by atoms with E-state index in [1.165, 1.54) is 37.1 Å². The summed E-state index contributed by atoms with van der Waals surface area (Å²) in [5.74, 6) is 0.190. The van der Waals surface area contributed by atoms with E-state index in [1.54, 1.807) is 0 Å². The summed E-state index contributed by atoms with van der Waals surface area (Å²) in [6, 6.07) is 5.77. The Morgan fingerprint density at radius 1 is 0.966 bits per heavy atom. The van der Waals surface area contributed by atoms with Crippen molar-refractivity contribution in [1.29, 1.82) is 0 Å². The molecule has 0 spiro atoms. The standard InChI is InChI=1S/C20H30N4O4S/c21-29(27,28)18-7-5-17(6-8-18)22-19(25)15-23-13-9-16(10-14-23)20(26)24-11-3-1-2-4-12-24/h5-8,16H,1-4,9-15H2,(H,22,25)(H2,21,27,28). The molecule has 2 aliphatic rings. The minimum absolute atomic E-state index is 0.00615. The van der Waals surface area contributed by atoms with Crippen LogP contribution in [-0.2, 0) is 19.6 Å². The second-order valence-electron chi connectivity index (χ2n) is 7.91. The third-order valence-corrected chi connectivity index (χ3v) is 6.62. The average Bonchev–Trinajstić information content (AvgIpc) is 2.97. The van der Waals surface area contributed by atoms with Crippen LogP contribution in [-0.4, -0.2) is 62.8 Å². The lowest BCUT2D eigenvalue weighted by Gasteiger charge is -2.33. The van der Waals surface area contributed by atoms with E-state index in [-0.39, 0.29) is 29.2 Å². The van der Waals surface area contributed by atoms with Crippen LogP contribution in [0.5, 0.6) is 0 Å². The number of benzene rings is 1. The first-order chi connectivity index (χ1) is 13.8. The van der Waals surface area contributed by atoms with Crippen molar-refractivity contribution in [3.63, 3.8) is 0 Å². The number of sulfonamides is 1. The molecule has 1 aromatic rings. The number of hydrogen-bond donors (Lipinski definition) is 2. The van der Waals surface area contributed by atoms with Gasteiger partial charge in [0.2, 0.25) is 21.8 Å². The zero-order valence-corrected chi connectivity index (χ0v) is 17.5. The van der Waals surface area contributed by atoms with E-state index in [0.717, 1.165) is 51.9 Å². The predicted octanol–water partition coefficient (Wildman–Crippen LogP) is 1.39. The molecule has 0 atom stereocenters. The summed E-state index contributed by atoms with van der Waals surface area (Å²) < 4.78 is 22.6. The number of piperidine rings is 1. The Balaban J connectivity index is 1.44. The molecule has 3 N–H and O–H groups in total. The van der Waals surface area contributed by atoms with Crippen molar-refractivity contribution < 1.29 is 18.0 Å². The van der Waals surface area contributed by atoms with Gasteiger partial charge in [0.1, 0.15) is 0 Å². The molecule has 0 aromatic heterocycles. The molecule has 2 amide bonds. The van der Waals surface area contributed by atoms with Crippen molar-refractivity contribution in [3.05, 3.63) is 24.3 Å². The summed E-state index contributed by atoms with van der Waals surface area (Å²) in [5, 5.41) is 7.84. The van der Waals surface area contributed by atoms with Crippen LogP contribution in [0.4, 0.5) is 5.69 Å². The van der Waals surface area contributed by atoms with E-state index in [4.69, 9.17) is 5.14 Å². The minimum atomic E-state index is -3.75. The number of carbonyl (C=O) groups excluding carboxylic acids is 2. The minimum Gasteiger partial charge on any atom is -0.342 e. The largest absolute Gasteiger partial charge is 0.342 e. The lowest BCUT2D eigenvalue weighted by atomic mass is 9.95. The van der Waals surface area contributed by atoms with Crippen molar-refractivity contribution in [2.24, 2.45) is 11.1 Å². The van der Waals surface area contributed by atoms with Crippen molar-refractivity contribution in [2.75, 3.05) is 38.0 Å². The van der Waals surface area contributed by atoms with Gasteiger partial charge >= 0.3 is 0 Å². The van der Waals surface area contributed by atoms with Gasteiger partial charge in [-0.1, -0.05) is 12.8 Å². The normalized spacial score (nSPS) is 19.6. The second-order valence-corrected chi connectivity index (χ2v) is 9.47. The van der Waals surface area contributed by atoms with Gasteiger partial charge < -0.3 is 10.2 Å². The maximum Gasteiger partial charge on any atom is 0.238 e. The molecule has 0 unspecified atom stereocenters. The SMILES string of the molecule is NS(=O)(=O)c1ccc(NC(=O)CN2CCC(C(=O)N3CCCCCC3)CC2)cc1. The maximum absolute atomic E-state index is 12.8. The molecule has 2 fully saturated rings. The van der Waals surface area contributed by atoms with Gasteiger partial charge in [0.05, 0.1) is 11.4 Å². The van der Waals surface area contributed by atoms with Crippen LogP contribution in [0.3, 0.4) is 0 Å². The zero-order valence-electron chi connectivity index (χ0n) is 16.7. The Hall–Kier alpha value is -1.97. The molecular weight excluding hydrogens is 392 g/mol. The first-order valence-electron chi connectivity index (χ1n) is 10.3. The van der Waals surface area contributed by atoms with Gasteiger partial charge in [-0.2, -0.15) is 0 Å². The van der Waals surface area contributed by atoms with Crippen LogP contribution < -0.4 is 10.5 Å². The fraction of sp³-hybridized carbons (Fsp3) is 0.600. The van der Waals surface area contributed by atoms with Gasteiger partial charge in [-0.3, -0.25) is 14.5 Å². The molecule has 0 saturated carbocycles. The molecule has 1 aromatic carbocycles. The fourth-order valence-electron chi connectivity index (χ4n) is 4.02. The van der Waals surface area contributed by atoms with Crippen LogP contribution in [0.15, 0.2) is 29.2 Å². The van der Waals surface area contributed by atoms with E-state index in [9.17, 15) is 18.0 Å². The fourth-order valence-corrected chi connectivity index (χ4v) is 4.53. The van der Waals surface area contributed by atoms with Gasteiger partial charge in [0.15, 0.2) is 0 Å². The number of nitrogens with one attached hydrogen (secondary N) is 1. The highest BCUT2D eigenvalue weighted by atomic mass is 32.2. The first kappa shape index (κ1) is 21.7. The monoisotopic (exact) mass is 422 g/mol. The summed E-state index contributed by atoms with van der Waals surface area (Å²) in [6.45, 7) is 3.46. The highest BCUT2D eigenvalue weighted by Crippen LogP contribution is 2.22. The second kappa shape index (κ2) is 9.69. The van der Waals surface area contributed by atoms with Crippen LogP contribution >= 0.6 is 0 Å². The third kappa shape index (κ3) is 6.25. The molecule has 0 bridgehead atoms. The molecule has 2 heterocycles. The predicted molar refractivity (Wildman–Crippen MR) is 111 cm³/mol. The molecule has 2 saturated heterocycles. The number of nitrogens with two attached hydrogens (primary N) is 1. The molecular formula is C20H30N4O4S. The number of anilines is 1. The van der Waals surface area contributed by atoms with Crippen molar-refractivity contribution in [1.82, 2.24) is 9.80 Å². The van der Waals surface area contributed by atoms with Crippen LogP contribution in [0, 0.1) is 5.92 Å². The summed E-state index contributed by atoms with van der Waals surface area (Å²) in [5.41, 5.74) is 0.522. The van der Waals surface area contributed by atoms with Gasteiger partial charge in [0.25, 0.3) is 0 Å². The Kier molecular flexibility index (Phi) is 7.26. The Labute approximate surface area is 172 Å². The van der Waals surface area contributed by atoms with Crippen LogP contribution in [0.25, 0.3) is 0 Å². The summed E-state index contributed by atoms with van der Waals surface area (Å²) >= 11 is 0. The Morgan fingerprint density at radius 2 is 1.55 bits per heavy atom. The number of hydrogen-bond acceptors (Lipinski definition) is 5. The van der Waals surface area contributed by atoms with E-state index >= 15 is 0 Å². The molecule has 3 rings (SSSR count). The highest BCUT2D eigenvalue weighted by Gasteiger charge is 2.29. The van der Waals surface area contributed by atoms with E-state index in [1.807, 2.05) is 4.90 Å². The van der Waals surface area contributed by atoms with Crippen LogP contribution in [0.2, 0.25) is 0 Å².